The molecule has 2 aromatic rings. The van der Waals surface area contributed by atoms with Crippen molar-refractivity contribution in [3.05, 3.63) is 24.3 Å². The molecule has 0 bridgehead atoms. The Balaban J connectivity index is 2.36. The Bertz CT molecular complexity index is 429. The van der Waals surface area contributed by atoms with E-state index < -0.39 is 0 Å². The minimum Gasteiger partial charge on any atom is -0.235 e. The average Bonchev–Trinajstić information content (AvgIpc) is 2.61. The molecule has 0 saturated heterocycles. The second kappa shape index (κ2) is 2.87. The lowest BCUT2D eigenvalue weighted by Gasteiger charge is -1.97. The molecule has 0 N–H and O–H groups in total. The molecule has 1 aromatic carbocycles. The smallest absolute Gasteiger partial charge is 0.148 e. The van der Waals surface area contributed by atoms with Gasteiger partial charge < -0.3 is 0 Å². The van der Waals surface area contributed by atoms with E-state index in [-0.39, 0.29) is 0 Å². The van der Waals surface area contributed by atoms with Crippen LogP contribution in [0.3, 0.4) is 0 Å². The van der Waals surface area contributed by atoms with Gasteiger partial charge >= 0.3 is 0 Å². The molecule has 3 rings (SSSR count). The topological polar surface area (TPSA) is 39.9 Å². The van der Waals surface area contributed by atoms with Crippen molar-refractivity contribution in [2.75, 3.05) is 0 Å². The van der Waals surface area contributed by atoms with Crippen molar-refractivity contribution in [1.82, 2.24) is 14.1 Å². The van der Waals surface area contributed by atoms with Crippen LogP contribution < -0.4 is 4.13 Å². The minimum atomic E-state index is 0.920. The fourth-order valence-electron chi connectivity index (χ4n) is 1.18. The van der Waals surface area contributed by atoms with Gasteiger partial charge in [-0.15, -0.1) is 0 Å². The number of hydrogen-bond acceptors (Lipinski definition) is 4. The first-order valence-electron chi connectivity index (χ1n) is 3.75. The van der Waals surface area contributed by atoms with Crippen molar-refractivity contribution in [3.63, 3.8) is 0 Å². The zero-order chi connectivity index (χ0) is 8.67. The highest BCUT2D eigenvalue weighted by atomic mass is 32.2. The number of para-hydroxylation sites is 2. The monoisotopic (exact) mass is 206 g/mol. The number of fused-ring (bicyclic) bond motifs is 2. The third-order valence-corrected chi connectivity index (χ3v) is 3.40. The standard InChI is InChI=1S/C8H4N3S2/c1-2-4-6-5(3-1)9-7-8(10-6)13-11-12-7/h1-4H. The summed E-state index contributed by atoms with van der Waals surface area (Å²) in [6, 6.07) is 7.86. The molecule has 0 spiro atoms. The maximum absolute atomic E-state index is 4.44. The fourth-order valence-corrected chi connectivity index (χ4v) is 2.64. The summed E-state index contributed by atoms with van der Waals surface area (Å²) >= 11 is 2.79. The largest absolute Gasteiger partial charge is 0.235 e. The molecule has 1 aliphatic rings. The highest BCUT2D eigenvalue weighted by Crippen LogP contribution is 2.36. The van der Waals surface area contributed by atoms with Crippen molar-refractivity contribution in [3.8, 4) is 0 Å². The van der Waals surface area contributed by atoms with Crippen LogP contribution in [0, 0.1) is 0 Å². The zero-order valence-electron chi connectivity index (χ0n) is 6.47. The molecule has 1 radical (unpaired) electrons. The highest BCUT2D eigenvalue weighted by Gasteiger charge is 2.17. The van der Waals surface area contributed by atoms with Crippen LogP contribution in [-0.4, -0.2) is 9.97 Å². The molecular weight excluding hydrogens is 202 g/mol. The van der Waals surface area contributed by atoms with E-state index in [0.717, 1.165) is 21.1 Å². The predicted octanol–water partition coefficient (Wildman–Crippen LogP) is 2.26. The predicted molar refractivity (Wildman–Crippen MR) is 53.4 cm³/mol. The Labute approximate surface area is 83.6 Å². The summed E-state index contributed by atoms with van der Waals surface area (Å²) in [5.74, 6) is 0. The number of rotatable bonds is 0. The Kier molecular flexibility index (Phi) is 1.68. The van der Waals surface area contributed by atoms with Gasteiger partial charge in [-0.2, -0.15) is 0 Å². The quantitative estimate of drug-likeness (QED) is 0.620. The van der Waals surface area contributed by atoms with E-state index in [1.807, 2.05) is 24.3 Å². The second-order valence-electron chi connectivity index (χ2n) is 2.58. The molecular formula is C8H4N3S2. The summed E-state index contributed by atoms with van der Waals surface area (Å²) < 4.78 is 4.08. The van der Waals surface area contributed by atoms with Crippen LogP contribution in [0.25, 0.3) is 11.0 Å². The van der Waals surface area contributed by atoms with Crippen LogP contribution in [0.2, 0.25) is 0 Å². The molecule has 0 aliphatic carbocycles. The van der Waals surface area contributed by atoms with E-state index in [0.29, 0.717) is 0 Å². The molecule has 2 heterocycles. The van der Waals surface area contributed by atoms with Crippen molar-refractivity contribution >= 4 is 34.9 Å². The van der Waals surface area contributed by atoms with E-state index in [1.165, 1.54) is 23.9 Å². The maximum Gasteiger partial charge on any atom is 0.148 e. The first kappa shape index (κ1) is 7.61. The van der Waals surface area contributed by atoms with Gasteiger partial charge in [0.2, 0.25) is 0 Å². The van der Waals surface area contributed by atoms with Crippen molar-refractivity contribution in [2.45, 2.75) is 10.1 Å². The summed E-state index contributed by atoms with van der Waals surface area (Å²) in [6.07, 6.45) is 0. The summed E-state index contributed by atoms with van der Waals surface area (Å²) in [7, 11) is 0. The van der Waals surface area contributed by atoms with Gasteiger partial charge in [0.25, 0.3) is 0 Å². The van der Waals surface area contributed by atoms with Crippen molar-refractivity contribution in [2.24, 2.45) is 0 Å². The Morgan fingerprint density at radius 2 is 1.38 bits per heavy atom. The van der Waals surface area contributed by atoms with Crippen molar-refractivity contribution < 1.29 is 0 Å². The van der Waals surface area contributed by atoms with Gasteiger partial charge in [-0.05, 0) is 12.1 Å². The van der Waals surface area contributed by atoms with E-state index in [9.17, 15) is 0 Å². The highest BCUT2D eigenvalue weighted by molar-refractivity contribution is 8.15. The normalized spacial score (nSPS) is 14.8. The molecule has 1 aliphatic heterocycles. The summed E-state index contributed by atoms with van der Waals surface area (Å²) in [5, 5.41) is 1.84. The van der Waals surface area contributed by atoms with Gasteiger partial charge in [-0.3, -0.25) is 0 Å². The Morgan fingerprint density at radius 1 is 0.846 bits per heavy atom. The van der Waals surface area contributed by atoms with E-state index in [2.05, 4.69) is 14.1 Å². The van der Waals surface area contributed by atoms with E-state index in [1.54, 1.807) is 0 Å². The molecule has 0 fully saturated rings. The molecule has 5 heteroatoms. The summed E-state index contributed by atoms with van der Waals surface area (Å²) in [6.45, 7) is 0. The zero-order valence-corrected chi connectivity index (χ0v) is 8.10. The molecule has 63 valence electrons. The molecule has 0 amide bonds. The first-order chi connectivity index (χ1) is 6.43. The lowest BCUT2D eigenvalue weighted by atomic mass is 10.3. The third kappa shape index (κ3) is 1.20. The van der Waals surface area contributed by atoms with Crippen LogP contribution >= 0.6 is 23.9 Å². The number of aromatic nitrogens is 2. The van der Waals surface area contributed by atoms with E-state index in [4.69, 9.17) is 0 Å². The summed E-state index contributed by atoms with van der Waals surface area (Å²) in [4.78, 5) is 8.88. The average molecular weight is 206 g/mol. The van der Waals surface area contributed by atoms with Gasteiger partial charge in [0, 0.05) is 23.9 Å². The second-order valence-corrected chi connectivity index (χ2v) is 4.31. The Hall–Kier alpha value is -0.780. The lowest BCUT2D eigenvalue weighted by molar-refractivity contribution is 0.981. The SMILES string of the molecule is c1ccc2nc3c(nc2c1)S[N]S3. The van der Waals surface area contributed by atoms with Gasteiger partial charge in [0.1, 0.15) is 10.1 Å². The maximum atomic E-state index is 4.44. The third-order valence-electron chi connectivity index (χ3n) is 1.76. The minimum absolute atomic E-state index is 0.920. The molecule has 13 heavy (non-hydrogen) atoms. The van der Waals surface area contributed by atoms with Gasteiger partial charge in [0.05, 0.1) is 11.0 Å². The number of nitrogens with zero attached hydrogens (tertiary/aromatic N) is 3. The number of benzene rings is 1. The molecule has 3 nitrogen and oxygen atoms in total. The molecule has 0 atom stereocenters. The van der Waals surface area contributed by atoms with Crippen LogP contribution in [0.4, 0.5) is 0 Å². The van der Waals surface area contributed by atoms with Crippen LogP contribution in [0.1, 0.15) is 0 Å². The van der Waals surface area contributed by atoms with Crippen LogP contribution in [0.5, 0.6) is 0 Å². The van der Waals surface area contributed by atoms with Gasteiger partial charge in [-0.25, -0.2) is 9.97 Å². The van der Waals surface area contributed by atoms with Gasteiger partial charge in [-0.1, -0.05) is 16.3 Å². The van der Waals surface area contributed by atoms with E-state index >= 15 is 0 Å². The van der Waals surface area contributed by atoms with Crippen LogP contribution in [-0.2, 0) is 0 Å². The van der Waals surface area contributed by atoms with Crippen LogP contribution in [0.15, 0.2) is 34.3 Å². The molecule has 0 unspecified atom stereocenters. The molecule has 0 saturated carbocycles. The van der Waals surface area contributed by atoms with Crippen molar-refractivity contribution in [1.29, 1.82) is 0 Å². The van der Waals surface area contributed by atoms with Gasteiger partial charge in [0.15, 0.2) is 0 Å². The lowest BCUT2D eigenvalue weighted by Crippen LogP contribution is -1.86. The molecule has 1 aromatic heterocycles. The number of hydrogen-bond donors (Lipinski definition) is 0. The first-order valence-corrected chi connectivity index (χ1v) is 5.29. The fraction of sp³-hybridized carbons (Fsp3) is 0. The Morgan fingerprint density at radius 3 is 1.92 bits per heavy atom. The summed E-state index contributed by atoms with van der Waals surface area (Å²) in [5.41, 5.74) is 1.87.